The highest BCUT2D eigenvalue weighted by Crippen LogP contribution is 2.23. The van der Waals surface area contributed by atoms with Crippen molar-refractivity contribution < 1.29 is 19.6 Å². The number of amides is 1. The fourth-order valence-electron chi connectivity index (χ4n) is 1.84. The lowest BCUT2D eigenvalue weighted by atomic mass is 10.1. The summed E-state index contributed by atoms with van der Waals surface area (Å²) >= 11 is 0. The molecule has 3 N–H and O–H groups in total. The molecule has 1 aromatic carbocycles. The molecule has 0 radical (unpaired) electrons. The molecule has 0 heterocycles. The predicted molar refractivity (Wildman–Crippen MR) is 75.9 cm³/mol. The fourth-order valence-corrected chi connectivity index (χ4v) is 1.84. The van der Waals surface area contributed by atoms with Gasteiger partial charge in [0.1, 0.15) is 12.2 Å². The zero-order valence-electron chi connectivity index (χ0n) is 11.8. The van der Waals surface area contributed by atoms with E-state index in [-0.39, 0.29) is 29.4 Å². The van der Waals surface area contributed by atoms with E-state index >= 15 is 0 Å². The molecule has 8 nitrogen and oxygen atoms in total. The number of anilines is 1. The lowest BCUT2D eigenvalue weighted by Gasteiger charge is -2.22. The zero-order chi connectivity index (χ0) is 16.2. The highest BCUT2D eigenvalue weighted by Gasteiger charge is 2.22. The maximum atomic E-state index is 12.3. The Morgan fingerprint density at radius 1 is 1.43 bits per heavy atom. The maximum Gasteiger partial charge on any atom is 0.323 e. The lowest BCUT2D eigenvalue weighted by Crippen LogP contribution is -2.38. The van der Waals surface area contributed by atoms with Gasteiger partial charge in [0.2, 0.25) is 0 Å². The van der Waals surface area contributed by atoms with Crippen LogP contribution in [0.25, 0.3) is 0 Å². The van der Waals surface area contributed by atoms with E-state index in [9.17, 15) is 19.7 Å². The number of carbonyl (C=O) groups is 2. The fraction of sp³-hybridized carbons (Fsp3) is 0.385. The van der Waals surface area contributed by atoms with E-state index in [0.717, 1.165) is 11.0 Å². The summed E-state index contributed by atoms with van der Waals surface area (Å²) in [6.07, 6.45) is 0. The predicted octanol–water partition coefficient (Wildman–Crippen LogP) is 1.36. The van der Waals surface area contributed by atoms with Crippen LogP contribution >= 0.6 is 0 Å². The van der Waals surface area contributed by atoms with Gasteiger partial charge in [0, 0.05) is 18.2 Å². The van der Waals surface area contributed by atoms with Crippen LogP contribution in [-0.2, 0) is 4.79 Å². The van der Waals surface area contributed by atoms with Crippen LogP contribution in [0, 0.1) is 16.0 Å². The Kier molecular flexibility index (Phi) is 5.23. The van der Waals surface area contributed by atoms with E-state index in [2.05, 4.69) is 0 Å². The minimum Gasteiger partial charge on any atom is -0.480 e. The SMILES string of the molecule is CC(C)CN(CC(=O)O)C(=O)c1ccc(N)c([N+](=O)[O-])c1. The number of rotatable bonds is 6. The van der Waals surface area contributed by atoms with Crippen molar-refractivity contribution in [2.24, 2.45) is 5.92 Å². The summed E-state index contributed by atoms with van der Waals surface area (Å²) in [5.41, 5.74) is 5.08. The zero-order valence-corrected chi connectivity index (χ0v) is 11.8. The molecule has 0 unspecified atom stereocenters. The maximum absolute atomic E-state index is 12.3. The Morgan fingerprint density at radius 3 is 2.52 bits per heavy atom. The van der Waals surface area contributed by atoms with E-state index in [4.69, 9.17) is 10.8 Å². The van der Waals surface area contributed by atoms with Crippen molar-refractivity contribution in [2.45, 2.75) is 13.8 Å². The smallest absolute Gasteiger partial charge is 0.323 e. The third kappa shape index (κ3) is 4.44. The Morgan fingerprint density at radius 2 is 2.05 bits per heavy atom. The Hall–Kier alpha value is -2.64. The molecule has 0 aliphatic carbocycles. The molecule has 0 fully saturated rings. The second kappa shape index (κ2) is 6.69. The van der Waals surface area contributed by atoms with Crippen molar-refractivity contribution in [1.82, 2.24) is 4.90 Å². The third-order valence-electron chi connectivity index (χ3n) is 2.67. The number of hydrogen-bond acceptors (Lipinski definition) is 5. The number of benzene rings is 1. The second-order valence-corrected chi connectivity index (χ2v) is 5.00. The summed E-state index contributed by atoms with van der Waals surface area (Å²) in [6, 6.07) is 3.67. The van der Waals surface area contributed by atoms with Crippen molar-refractivity contribution in [3.8, 4) is 0 Å². The average Bonchev–Trinajstić information content (AvgIpc) is 2.36. The van der Waals surface area contributed by atoms with Gasteiger partial charge in [0.15, 0.2) is 0 Å². The Balaban J connectivity index is 3.11. The lowest BCUT2D eigenvalue weighted by molar-refractivity contribution is -0.383. The number of carboxylic acid groups (broad SMARTS) is 1. The molecular weight excluding hydrogens is 278 g/mol. The quantitative estimate of drug-likeness (QED) is 0.463. The van der Waals surface area contributed by atoms with Gasteiger partial charge in [-0.3, -0.25) is 19.7 Å². The topological polar surface area (TPSA) is 127 Å². The molecule has 114 valence electrons. The van der Waals surface area contributed by atoms with Crippen molar-refractivity contribution in [1.29, 1.82) is 0 Å². The van der Waals surface area contributed by atoms with Crippen LogP contribution in [-0.4, -0.2) is 39.9 Å². The van der Waals surface area contributed by atoms with Crippen LogP contribution in [0.5, 0.6) is 0 Å². The van der Waals surface area contributed by atoms with Gasteiger partial charge in [-0.1, -0.05) is 13.8 Å². The number of aliphatic carboxylic acids is 1. The molecule has 0 saturated heterocycles. The molecule has 1 rings (SSSR count). The van der Waals surface area contributed by atoms with Crippen LogP contribution in [0.1, 0.15) is 24.2 Å². The Labute approximate surface area is 121 Å². The molecule has 0 aliphatic rings. The van der Waals surface area contributed by atoms with Gasteiger partial charge in [0.25, 0.3) is 11.6 Å². The summed E-state index contributed by atoms with van der Waals surface area (Å²) < 4.78 is 0. The van der Waals surface area contributed by atoms with Crippen LogP contribution in [0.2, 0.25) is 0 Å². The standard InChI is InChI=1S/C13H17N3O5/c1-8(2)6-15(7-12(17)18)13(19)9-3-4-10(14)11(5-9)16(20)21/h3-5,8H,6-7,14H2,1-2H3,(H,17,18). The van der Waals surface area contributed by atoms with Gasteiger partial charge >= 0.3 is 5.97 Å². The number of carbonyl (C=O) groups excluding carboxylic acids is 1. The van der Waals surface area contributed by atoms with Gasteiger partial charge < -0.3 is 15.7 Å². The first-order chi connectivity index (χ1) is 9.72. The number of nitro benzene ring substituents is 1. The molecule has 0 saturated carbocycles. The first-order valence-electron chi connectivity index (χ1n) is 6.27. The first kappa shape index (κ1) is 16.4. The van der Waals surface area contributed by atoms with E-state index in [1.807, 2.05) is 13.8 Å². The van der Waals surface area contributed by atoms with Crippen LogP contribution in [0.3, 0.4) is 0 Å². The van der Waals surface area contributed by atoms with Crippen molar-refractivity contribution in [3.63, 3.8) is 0 Å². The molecule has 1 aromatic rings. The summed E-state index contributed by atoms with van der Waals surface area (Å²) in [6.45, 7) is 3.46. The number of nitrogens with zero attached hydrogens (tertiary/aromatic N) is 2. The van der Waals surface area contributed by atoms with Crippen molar-refractivity contribution >= 4 is 23.3 Å². The molecular formula is C13H17N3O5. The minimum absolute atomic E-state index is 0.0396. The summed E-state index contributed by atoms with van der Waals surface area (Å²) in [7, 11) is 0. The molecule has 8 heteroatoms. The first-order valence-corrected chi connectivity index (χ1v) is 6.27. The minimum atomic E-state index is -1.14. The van der Waals surface area contributed by atoms with Gasteiger partial charge in [-0.15, -0.1) is 0 Å². The molecule has 0 spiro atoms. The highest BCUT2D eigenvalue weighted by atomic mass is 16.6. The largest absolute Gasteiger partial charge is 0.480 e. The van der Waals surface area contributed by atoms with Crippen LogP contribution in [0.15, 0.2) is 18.2 Å². The number of nitro groups is 1. The van der Waals surface area contributed by atoms with Gasteiger partial charge in [-0.25, -0.2) is 0 Å². The monoisotopic (exact) mass is 295 g/mol. The summed E-state index contributed by atoms with van der Waals surface area (Å²) in [5, 5.41) is 19.7. The number of nitrogens with two attached hydrogens (primary N) is 1. The van der Waals surface area contributed by atoms with Gasteiger partial charge in [-0.05, 0) is 18.1 Å². The normalized spacial score (nSPS) is 10.4. The van der Waals surface area contributed by atoms with Crippen LogP contribution < -0.4 is 5.73 Å². The van der Waals surface area contributed by atoms with Crippen molar-refractivity contribution in [2.75, 3.05) is 18.8 Å². The van der Waals surface area contributed by atoms with Crippen LogP contribution in [0.4, 0.5) is 11.4 Å². The number of nitrogen functional groups attached to an aromatic ring is 1. The number of hydrogen-bond donors (Lipinski definition) is 2. The van der Waals surface area contributed by atoms with E-state index in [1.54, 1.807) is 0 Å². The second-order valence-electron chi connectivity index (χ2n) is 5.00. The molecule has 0 atom stereocenters. The molecule has 21 heavy (non-hydrogen) atoms. The van der Waals surface area contributed by atoms with E-state index < -0.39 is 23.3 Å². The molecule has 0 aliphatic heterocycles. The summed E-state index contributed by atoms with van der Waals surface area (Å²) in [4.78, 5) is 34.4. The van der Waals surface area contributed by atoms with E-state index in [1.165, 1.54) is 12.1 Å². The molecule has 0 bridgehead atoms. The third-order valence-corrected chi connectivity index (χ3v) is 2.67. The molecule has 0 aromatic heterocycles. The Bertz CT molecular complexity index is 571. The summed E-state index contributed by atoms with van der Waals surface area (Å²) in [5.74, 6) is -1.65. The van der Waals surface area contributed by atoms with Crippen molar-refractivity contribution in [3.05, 3.63) is 33.9 Å². The van der Waals surface area contributed by atoms with E-state index in [0.29, 0.717) is 0 Å². The highest BCUT2D eigenvalue weighted by molar-refractivity contribution is 5.97. The average molecular weight is 295 g/mol. The van der Waals surface area contributed by atoms with Gasteiger partial charge in [0.05, 0.1) is 4.92 Å². The number of carboxylic acids is 1. The molecule has 1 amide bonds. The van der Waals surface area contributed by atoms with Gasteiger partial charge in [-0.2, -0.15) is 0 Å².